The fourth-order valence-corrected chi connectivity index (χ4v) is 2.58. The first-order chi connectivity index (χ1) is 9.22. The molecule has 0 saturated carbocycles. The molecule has 5 heteroatoms. The number of morpholine rings is 1. The Morgan fingerprint density at radius 3 is 3.11 bits per heavy atom. The van der Waals surface area contributed by atoms with Crippen molar-refractivity contribution in [2.75, 3.05) is 40.4 Å². The molecular weight excluding hydrogens is 264 g/mol. The van der Waals surface area contributed by atoms with Gasteiger partial charge in [-0.3, -0.25) is 4.90 Å². The second kappa shape index (κ2) is 7.10. The van der Waals surface area contributed by atoms with Gasteiger partial charge >= 0.3 is 0 Å². The molecule has 1 aromatic carbocycles. The minimum Gasteiger partial charge on any atom is -0.496 e. The molecule has 0 bridgehead atoms. The van der Waals surface area contributed by atoms with Gasteiger partial charge in [0.25, 0.3) is 0 Å². The lowest BCUT2D eigenvalue weighted by Crippen LogP contribution is -2.45. The molecule has 0 aromatic heterocycles. The van der Waals surface area contributed by atoms with Crippen LogP contribution in [0.5, 0.6) is 5.75 Å². The van der Waals surface area contributed by atoms with Gasteiger partial charge in [-0.2, -0.15) is 0 Å². The topological polar surface area (TPSA) is 33.7 Å². The molecule has 1 unspecified atom stereocenters. The summed E-state index contributed by atoms with van der Waals surface area (Å²) in [6.45, 7) is 4.36. The number of halogens is 1. The molecule has 1 fully saturated rings. The van der Waals surface area contributed by atoms with Gasteiger partial charge in [-0.05, 0) is 25.2 Å². The van der Waals surface area contributed by atoms with Gasteiger partial charge in [0.15, 0.2) is 0 Å². The number of hydrogen-bond acceptors (Lipinski definition) is 4. The van der Waals surface area contributed by atoms with E-state index in [2.05, 4.69) is 10.2 Å². The van der Waals surface area contributed by atoms with E-state index in [1.807, 2.05) is 25.2 Å². The van der Waals surface area contributed by atoms with Crippen LogP contribution in [0.15, 0.2) is 18.2 Å². The lowest BCUT2D eigenvalue weighted by molar-refractivity contribution is -0.0293. The zero-order valence-electron chi connectivity index (χ0n) is 11.5. The zero-order chi connectivity index (χ0) is 13.7. The summed E-state index contributed by atoms with van der Waals surface area (Å²) in [6.07, 6.45) is 0.254. The highest BCUT2D eigenvalue weighted by Crippen LogP contribution is 2.24. The summed E-state index contributed by atoms with van der Waals surface area (Å²) in [4.78, 5) is 2.37. The summed E-state index contributed by atoms with van der Waals surface area (Å²) in [5, 5.41) is 3.90. The summed E-state index contributed by atoms with van der Waals surface area (Å²) >= 11 is 6.06. The molecule has 1 N–H and O–H groups in total. The van der Waals surface area contributed by atoms with E-state index in [1.54, 1.807) is 7.11 Å². The van der Waals surface area contributed by atoms with Crippen LogP contribution in [0.1, 0.15) is 5.56 Å². The molecule has 2 rings (SSSR count). The Labute approximate surface area is 119 Å². The van der Waals surface area contributed by atoms with Crippen LogP contribution in [0.2, 0.25) is 5.02 Å². The number of hydrogen-bond donors (Lipinski definition) is 1. The van der Waals surface area contributed by atoms with E-state index in [0.29, 0.717) is 0 Å². The standard InChI is InChI=1S/C14H21ClN2O2/c1-16-8-13-10-17(5-6-19-13)9-11-7-12(15)3-4-14(11)18-2/h3-4,7,13,16H,5-6,8-10H2,1-2H3. The maximum atomic E-state index is 6.06. The first kappa shape index (κ1) is 14.6. The van der Waals surface area contributed by atoms with Gasteiger partial charge in [0.1, 0.15) is 5.75 Å². The third-order valence-corrected chi connectivity index (χ3v) is 3.53. The fraction of sp³-hybridized carbons (Fsp3) is 0.571. The van der Waals surface area contributed by atoms with Gasteiger partial charge in [0.2, 0.25) is 0 Å². The number of likely N-dealkylation sites (N-methyl/N-ethyl adjacent to an activating group) is 1. The van der Waals surface area contributed by atoms with E-state index in [0.717, 1.165) is 49.1 Å². The quantitative estimate of drug-likeness (QED) is 0.894. The van der Waals surface area contributed by atoms with Crippen LogP contribution in [0.3, 0.4) is 0 Å². The minimum absolute atomic E-state index is 0.254. The van der Waals surface area contributed by atoms with E-state index in [9.17, 15) is 0 Å². The van der Waals surface area contributed by atoms with Crippen molar-refractivity contribution in [3.63, 3.8) is 0 Å². The first-order valence-corrected chi connectivity index (χ1v) is 6.91. The molecule has 106 valence electrons. The Morgan fingerprint density at radius 2 is 2.37 bits per heavy atom. The number of methoxy groups -OCH3 is 1. The Kier molecular flexibility index (Phi) is 5.45. The van der Waals surface area contributed by atoms with Crippen LogP contribution in [0.25, 0.3) is 0 Å². The SMILES string of the molecule is CNCC1CN(Cc2cc(Cl)ccc2OC)CCO1. The van der Waals surface area contributed by atoms with Crippen molar-refractivity contribution in [1.82, 2.24) is 10.2 Å². The van der Waals surface area contributed by atoms with E-state index < -0.39 is 0 Å². The van der Waals surface area contributed by atoms with Crippen LogP contribution in [-0.4, -0.2) is 51.4 Å². The van der Waals surface area contributed by atoms with Crippen molar-refractivity contribution in [2.45, 2.75) is 12.6 Å². The monoisotopic (exact) mass is 284 g/mol. The van der Waals surface area contributed by atoms with Crippen LogP contribution >= 0.6 is 11.6 Å². The minimum atomic E-state index is 0.254. The van der Waals surface area contributed by atoms with Crippen molar-refractivity contribution < 1.29 is 9.47 Å². The summed E-state index contributed by atoms with van der Waals surface area (Å²) in [7, 11) is 3.64. The average Bonchev–Trinajstić information content (AvgIpc) is 2.40. The van der Waals surface area contributed by atoms with Crippen molar-refractivity contribution in [1.29, 1.82) is 0 Å². The molecule has 0 amide bonds. The molecule has 19 heavy (non-hydrogen) atoms. The Bertz CT molecular complexity index is 412. The van der Waals surface area contributed by atoms with Crippen molar-refractivity contribution in [2.24, 2.45) is 0 Å². The van der Waals surface area contributed by atoms with Gasteiger partial charge in [-0.15, -0.1) is 0 Å². The molecule has 1 heterocycles. The Morgan fingerprint density at radius 1 is 1.53 bits per heavy atom. The van der Waals surface area contributed by atoms with Gasteiger partial charge in [-0.25, -0.2) is 0 Å². The third-order valence-electron chi connectivity index (χ3n) is 3.29. The highest BCUT2D eigenvalue weighted by Gasteiger charge is 2.20. The summed E-state index contributed by atoms with van der Waals surface area (Å²) in [6, 6.07) is 5.75. The fourth-order valence-electron chi connectivity index (χ4n) is 2.39. The maximum absolute atomic E-state index is 6.06. The predicted octanol–water partition coefficient (Wildman–Crippen LogP) is 1.77. The lowest BCUT2D eigenvalue weighted by atomic mass is 10.1. The smallest absolute Gasteiger partial charge is 0.123 e. The van der Waals surface area contributed by atoms with Crippen molar-refractivity contribution in [3.8, 4) is 5.75 Å². The third kappa shape index (κ3) is 4.08. The first-order valence-electron chi connectivity index (χ1n) is 6.54. The van der Waals surface area contributed by atoms with E-state index in [4.69, 9.17) is 21.1 Å². The molecule has 0 spiro atoms. The molecule has 1 aliphatic rings. The normalized spacial score (nSPS) is 20.5. The van der Waals surface area contributed by atoms with E-state index in [1.165, 1.54) is 0 Å². The second-order valence-corrected chi connectivity index (χ2v) is 5.18. The molecule has 1 saturated heterocycles. The molecule has 1 aliphatic heterocycles. The van der Waals surface area contributed by atoms with Crippen LogP contribution in [0, 0.1) is 0 Å². The van der Waals surface area contributed by atoms with Crippen LogP contribution < -0.4 is 10.1 Å². The average molecular weight is 285 g/mol. The number of ether oxygens (including phenoxy) is 2. The predicted molar refractivity (Wildman–Crippen MR) is 76.9 cm³/mol. The number of benzene rings is 1. The largest absolute Gasteiger partial charge is 0.496 e. The number of nitrogens with zero attached hydrogens (tertiary/aromatic N) is 1. The van der Waals surface area contributed by atoms with Gasteiger partial charge in [0.05, 0.1) is 19.8 Å². The zero-order valence-corrected chi connectivity index (χ0v) is 12.2. The molecule has 1 aromatic rings. The molecule has 0 radical (unpaired) electrons. The summed E-state index contributed by atoms with van der Waals surface area (Å²) < 4.78 is 11.1. The van der Waals surface area contributed by atoms with E-state index >= 15 is 0 Å². The molecule has 0 aliphatic carbocycles. The lowest BCUT2D eigenvalue weighted by Gasteiger charge is -2.33. The van der Waals surface area contributed by atoms with Crippen LogP contribution in [-0.2, 0) is 11.3 Å². The summed E-state index contributed by atoms with van der Waals surface area (Å²) in [5.41, 5.74) is 1.13. The van der Waals surface area contributed by atoms with Crippen molar-refractivity contribution >= 4 is 11.6 Å². The van der Waals surface area contributed by atoms with Gasteiger partial charge in [-0.1, -0.05) is 11.6 Å². The summed E-state index contributed by atoms with van der Waals surface area (Å²) in [5.74, 6) is 0.890. The van der Waals surface area contributed by atoms with Gasteiger partial charge in [0, 0.05) is 36.8 Å². The Hall–Kier alpha value is -0.810. The van der Waals surface area contributed by atoms with E-state index in [-0.39, 0.29) is 6.10 Å². The van der Waals surface area contributed by atoms with Gasteiger partial charge < -0.3 is 14.8 Å². The highest BCUT2D eigenvalue weighted by molar-refractivity contribution is 6.30. The second-order valence-electron chi connectivity index (χ2n) is 4.74. The molecule has 4 nitrogen and oxygen atoms in total. The molecule has 1 atom stereocenters. The van der Waals surface area contributed by atoms with Crippen LogP contribution in [0.4, 0.5) is 0 Å². The highest BCUT2D eigenvalue weighted by atomic mass is 35.5. The number of nitrogens with one attached hydrogen (secondary N) is 1. The number of rotatable bonds is 5. The van der Waals surface area contributed by atoms with Crippen molar-refractivity contribution in [3.05, 3.63) is 28.8 Å². The maximum Gasteiger partial charge on any atom is 0.123 e. The Balaban J connectivity index is 2.01. The molecular formula is C14H21ClN2O2.